The first-order valence-electron chi connectivity index (χ1n) is 5.78. The van der Waals surface area contributed by atoms with E-state index in [4.69, 9.17) is 35.4 Å². The predicted molar refractivity (Wildman–Crippen MR) is 99.3 cm³/mol. The molecule has 3 nitrogen and oxygen atoms in total. The Hall–Kier alpha value is -0.890. The average molecular weight is 451 g/mol. The number of benzene rings is 2. The summed E-state index contributed by atoms with van der Waals surface area (Å²) in [5.74, 6) is -0.314. The van der Waals surface area contributed by atoms with E-state index in [1.54, 1.807) is 36.4 Å². The van der Waals surface area contributed by atoms with Crippen LogP contribution in [-0.2, 0) is 0 Å². The second kappa shape index (κ2) is 7.40. The Kier molecular flexibility index (Phi) is 5.80. The lowest BCUT2D eigenvalue weighted by molar-refractivity contribution is 0.0978. The molecule has 0 fully saturated rings. The van der Waals surface area contributed by atoms with Gasteiger partial charge in [-0.25, -0.2) is 0 Å². The van der Waals surface area contributed by atoms with Crippen LogP contribution in [0.25, 0.3) is 0 Å². The van der Waals surface area contributed by atoms with Gasteiger partial charge < -0.3 is 5.32 Å². The first kappa shape index (κ1) is 16.5. The molecule has 2 rings (SSSR count). The maximum atomic E-state index is 12.0. The fourth-order valence-electron chi connectivity index (χ4n) is 1.52. The Morgan fingerprint density at radius 1 is 1.10 bits per heavy atom. The highest BCUT2D eigenvalue weighted by molar-refractivity contribution is 14.1. The van der Waals surface area contributed by atoms with Gasteiger partial charge >= 0.3 is 0 Å². The van der Waals surface area contributed by atoms with Crippen LogP contribution in [0.1, 0.15) is 10.4 Å². The molecule has 0 bridgehead atoms. The van der Waals surface area contributed by atoms with Crippen LogP contribution < -0.4 is 10.6 Å². The van der Waals surface area contributed by atoms with Crippen molar-refractivity contribution >= 4 is 74.7 Å². The van der Waals surface area contributed by atoms with Gasteiger partial charge in [-0.3, -0.25) is 10.1 Å². The normalized spacial score (nSPS) is 10.0. The van der Waals surface area contributed by atoms with Gasteiger partial charge in [0.25, 0.3) is 5.91 Å². The molecule has 0 aliphatic heterocycles. The van der Waals surface area contributed by atoms with Crippen molar-refractivity contribution in [3.63, 3.8) is 0 Å². The van der Waals surface area contributed by atoms with Gasteiger partial charge in [0.1, 0.15) is 0 Å². The number of amides is 1. The molecule has 0 spiro atoms. The minimum absolute atomic E-state index is 0.179. The molecule has 0 atom stereocenters. The molecule has 2 aromatic rings. The highest BCUT2D eigenvalue weighted by atomic mass is 127. The predicted octanol–water partition coefficient (Wildman–Crippen LogP) is 4.72. The Labute approximate surface area is 151 Å². The summed E-state index contributed by atoms with van der Waals surface area (Å²) in [5, 5.41) is 6.75. The van der Waals surface area contributed by atoms with Crippen LogP contribution in [0.5, 0.6) is 0 Å². The third-order valence-electron chi connectivity index (χ3n) is 2.51. The van der Waals surface area contributed by atoms with Crippen molar-refractivity contribution in [3.8, 4) is 0 Å². The summed E-state index contributed by atoms with van der Waals surface area (Å²) in [6.07, 6.45) is 0. The molecule has 0 saturated heterocycles. The van der Waals surface area contributed by atoms with E-state index in [1.807, 2.05) is 6.07 Å². The standard InChI is InChI=1S/C14H9Cl2IN2OS/c15-9-3-1-8(2-4-9)13(20)19-14(21)18-12-6-5-10(17)7-11(12)16/h1-7H,(H2,18,19,20,21). The highest BCUT2D eigenvalue weighted by Gasteiger charge is 2.09. The molecule has 0 unspecified atom stereocenters. The van der Waals surface area contributed by atoms with E-state index in [2.05, 4.69) is 33.2 Å². The molecule has 0 aliphatic carbocycles. The van der Waals surface area contributed by atoms with Crippen LogP contribution in [-0.4, -0.2) is 11.0 Å². The van der Waals surface area contributed by atoms with E-state index in [9.17, 15) is 4.79 Å². The van der Waals surface area contributed by atoms with Gasteiger partial charge in [0.15, 0.2) is 5.11 Å². The summed E-state index contributed by atoms with van der Waals surface area (Å²) in [5.41, 5.74) is 1.11. The number of halogens is 3. The molecule has 1 amide bonds. The highest BCUT2D eigenvalue weighted by Crippen LogP contribution is 2.23. The van der Waals surface area contributed by atoms with Gasteiger partial charge in [0.2, 0.25) is 0 Å². The minimum Gasteiger partial charge on any atom is -0.331 e. The monoisotopic (exact) mass is 450 g/mol. The number of rotatable bonds is 2. The van der Waals surface area contributed by atoms with Crippen LogP contribution in [0.2, 0.25) is 10.0 Å². The van der Waals surface area contributed by atoms with Crippen molar-refractivity contribution in [1.82, 2.24) is 5.32 Å². The summed E-state index contributed by atoms with van der Waals surface area (Å²) in [6, 6.07) is 12.0. The topological polar surface area (TPSA) is 41.1 Å². The van der Waals surface area contributed by atoms with Crippen molar-refractivity contribution in [1.29, 1.82) is 0 Å². The number of hydrogen-bond donors (Lipinski definition) is 2. The number of thiocarbonyl (C=S) groups is 1. The maximum Gasteiger partial charge on any atom is 0.257 e. The van der Waals surface area contributed by atoms with Gasteiger partial charge in [-0.05, 0) is 77.3 Å². The van der Waals surface area contributed by atoms with Crippen LogP contribution in [0.15, 0.2) is 42.5 Å². The van der Waals surface area contributed by atoms with Crippen molar-refractivity contribution in [2.75, 3.05) is 5.32 Å². The summed E-state index contributed by atoms with van der Waals surface area (Å²) in [4.78, 5) is 12.0. The van der Waals surface area contributed by atoms with E-state index in [-0.39, 0.29) is 11.0 Å². The third-order valence-corrected chi connectivity index (χ3v) is 3.95. The first-order valence-corrected chi connectivity index (χ1v) is 8.03. The lowest BCUT2D eigenvalue weighted by atomic mass is 10.2. The zero-order chi connectivity index (χ0) is 15.4. The van der Waals surface area contributed by atoms with Gasteiger partial charge in [0.05, 0.1) is 10.7 Å². The van der Waals surface area contributed by atoms with Crippen molar-refractivity contribution in [2.24, 2.45) is 0 Å². The molecule has 21 heavy (non-hydrogen) atoms. The largest absolute Gasteiger partial charge is 0.331 e. The molecule has 108 valence electrons. The number of nitrogens with one attached hydrogen (secondary N) is 2. The number of hydrogen-bond acceptors (Lipinski definition) is 2. The summed E-state index contributed by atoms with van der Waals surface area (Å²) in [6.45, 7) is 0. The second-order valence-electron chi connectivity index (χ2n) is 4.04. The second-order valence-corrected chi connectivity index (χ2v) is 6.54. The lowest BCUT2D eigenvalue weighted by Gasteiger charge is -2.11. The molecule has 7 heteroatoms. The quantitative estimate of drug-likeness (QED) is 0.513. The van der Waals surface area contributed by atoms with Gasteiger partial charge in [-0.15, -0.1) is 0 Å². The van der Waals surface area contributed by atoms with E-state index in [1.165, 1.54) is 0 Å². The fraction of sp³-hybridized carbons (Fsp3) is 0. The Morgan fingerprint density at radius 3 is 2.38 bits per heavy atom. The lowest BCUT2D eigenvalue weighted by Crippen LogP contribution is -2.34. The third kappa shape index (κ3) is 4.81. The first-order chi connectivity index (χ1) is 9.95. The van der Waals surface area contributed by atoms with Crippen LogP contribution in [0, 0.1) is 3.57 Å². The fourth-order valence-corrected chi connectivity index (χ4v) is 2.75. The molecule has 0 aliphatic rings. The molecule has 0 radical (unpaired) electrons. The Morgan fingerprint density at radius 2 is 1.76 bits per heavy atom. The molecule has 2 N–H and O–H groups in total. The zero-order valence-corrected chi connectivity index (χ0v) is 15.0. The van der Waals surface area contributed by atoms with Gasteiger partial charge in [0, 0.05) is 14.2 Å². The van der Waals surface area contributed by atoms with Crippen LogP contribution >= 0.6 is 58.0 Å². The van der Waals surface area contributed by atoms with Gasteiger partial charge in [-0.2, -0.15) is 0 Å². The number of carbonyl (C=O) groups excluding carboxylic acids is 1. The average Bonchev–Trinajstić information content (AvgIpc) is 2.42. The summed E-state index contributed by atoms with van der Waals surface area (Å²) < 4.78 is 1.01. The minimum atomic E-state index is -0.314. The van der Waals surface area contributed by atoms with E-state index >= 15 is 0 Å². The molecule has 2 aromatic carbocycles. The molecular weight excluding hydrogens is 442 g/mol. The van der Waals surface area contributed by atoms with Crippen LogP contribution in [0.4, 0.5) is 5.69 Å². The van der Waals surface area contributed by atoms with Crippen molar-refractivity contribution < 1.29 is 4.79 Å². The SMILES string of the molecule is O=C(NC(=S)Nc1ccc(I)cc1Cl)c1ccc(Cl)cc1. The maximum absolute atomic E-state index is 12.0. The summed E-state index contributed by atoms with van der Waals surface area (Å²) in [7, 11) is 0. The van der Waals surface area contributed by atoms with Crippen LogP contribution in [0.3, 0.4) is 0 Å². The Balaban J connectivity index is 2.01. The molecule has 0 heterocycles. The zero-order valence-electron chi connectivity index (χ0n) is 10.5. The van der Waals surface area contributed by atoms with E-state index in [0.717, 1.165) is 3.57 Å². The van der Waals surface area contributed by atoms with E-state index < -0.39 is 0 Å². The molecule has 0 saturated carbocycles. The van der Waals surface area contributed by atoms with Gasteiger partial charge in [-0.1, -0.05) is 23.2 Å². The number of carbonyl (C=O) groups is 1. The Bertz CT molecular complexity index is 692. The van der Waals surface area contributed by atoms with E-state index in [0.29, 0.717) is 21.3 Å². The van der Waals surface area contributed by atoms with Crippen molar-refractivity contribution in [2.45, 2.75) is 0 Å². The number of anilines is 1. The molecule has 0 aromatic heterocycles. The van der Waals surface area contributed by atoms with Crippen molar-refractivity contribution in [3.05, 3.63) is 61.6 Å². The smallest absolute Gasteiger partial charge is 0.257 e. The summed E-state index contributed by atoms with van der Waals surface area (Å²) >= 11 is 19.1. The molecular formula is C14H9Cl2IN2OS.